The summed E-state index contributed by atoms with van der Waals surface area (Å²) < 4.78 is 27.5. The monoisotopic (exact) mass is 551 g/mol. The maximum atomic E-state index is 13.6. The molecular formula is C21H26N7O7PS. The van der Waals surface area contributed by atoms with Crippen LogP contribution in [-0.2, 0) is 33.8 Å². The molecule has 0 bridgehead atoms. The third-order valence-electron chi connectivity index (χ3n) is 5.65. The van der Waals surface area contributed by atoms with E-state index in [9.17, 15) is 24.6 Å². The van der Waals surface area contributed by atoms with E-state index in [0.717, 1.165) is 5.56 Å². The highest BCUT2D eigenvalue weighted by molar-refractivity contribution is 8.00. The molecule has 16 heteroatoms. The predicted octanol–water partition coefficient (Wildman–Crippen LogP) is 1.96. The highest BCUT2D eigenvalue weighted by Gasteiger charge is 2.38. The van der Waals surface area contributed by atoms with Crippen LogP contribution in [0.4, 0.5) is 11.8 Å². The van der Waals surface area contributed by atoms with Crippen molar-refractivity contribution in [3.8, 4) is 0 Å². The molecule has 2 aromatic heterocycles. The van der Waals surface area contributed by atoms with Crippen molar-refractivity contribution in [2.75, 3.05) is 12.3 Å². The van der Waals surface area contributed by atoms with Gasteiger partial charge in [-0.3, -0.25) is 13.6 Å². The normalized spacial score (nSPS) is 21.1. The molecule has 1 aromatic carbocycles. The second kappa shape index (κ2) is 11.5. The third kappa shape index (κ3) is 6.63. The Kier molecular flexibility index (Phi) is 8.42. The molecule has 1 fully saturated rings. The van der Waals surface area contributed by atoms with Gasteiger partial charge in [0.05, 0.1) is 19.8 Å². The number of benzene rings is 1. The van der Waals surface area contributed by atoms with Crippen molar-refractivity contribution in [2.45, 2.75) is 36.3 Å². The Labute approximate surface area is 215 Å². The zero-order valence-electron chi connectivity index (χ0n) is 19.7. The number of aliphatic hydroxyl groups excluding tert-OH is 1. The number of rotatable bonds is 11. The second-order valence-electron chi connectivity index (χ2n) is 8.25. The number of anilines is 1. The summed E-state index contributed by atoms with van der Waals surface area (Å²) in [6.45, 7) is -0.134. The van der Waals surface area contributed by atoms with Crippen LogP contribution in [-0.4, -0.2) is 47.1 Å². The summed E-state index contributed by atoms with van der Waals surface area (Å²) in [5.74, 6) is -0.290. The Morgan fingerprint density at radius 1 is 1.32 bits per heavy atom. The number of nitrogens with one attached hydrogen (secondary N) is 1. The van der Waals surface area contributed by atoms with E-state index in [1.807, 2.05) is 30.3 Å². The van der Waals surface area contributed by atoms with Crippen molar-refractivity contribution >= 4 is 31.3 Å². The standard InChI is InChI=1S/C21H26N7O7PS/c1-26-15(11-23-20(26)28(31)32)12-34-36(33,24-10-14-5-3-2-4-6-14)35-13-16-9-17(29)19(37-16)27-8-7-18(22)25-21(27)30/h2-8,11,16-17,19,29H,9-10,12-13H2,1H3,(H,24,33)(H2,22,25,30)/t16-,17-,19+,36?/m0/s1. The SMILES string of the molecule is Cn1c(COP(=O)(NCc2ccccc2)OC[C@@H]2C[C@H](O)[C@H](n3ccc(N)nc3=O)S2)cnc1[N+](=O)[O-]. The van der Waals surface area contributed by atoms with E-state index in [-0.39, 0.29) is 43.2 Å². The first-order valence-electron chi connectivity index (χ1n) is 11.2. The summed E-state index contributed by atoms with van der Waals surface area (Å²) in [5, 5.41) is 23.5. The Balaban J connectivity index is 1.44. The highest BCUT2D eigenvalue weighted by atomic mass is 32.2. The molecule has 1 aliphatic rings. The molecule has 0 spiro atoms. The van der Waals surface area contributed by atoms with Crippen LogP contribution >= 0.6 is 19.5 Å². The smallest absolute Gasteiger partial charge is 0.390 e. The highest BCUT2D eigenvalue weighted by Crippen LogP contribution is 2.48. The number of hydrogen-bond acceptors (Lipinski definition) is 11. The van der Waals surface area contributed by atoms with Crippen molar-refractivity contribution in [1.29, 1.82) is 0 Å². The van der Waals surface area contributed by atoms with E-state index in [1.54, 1.807) is 0 Å². The Morgan fingerprint density at radius 2 is 2.08 bits per heavy atom. The van der Waals surface area contributed by atoms with Gasteiger partial charge in [0.1, 0.15) is 29.7 Å². The molecule has 0 radical (unpaired) electrons. The fourth-order valence-electron chi connectivity index (χ4n) is 3.69. The molecule has 14 nitrogen and oxygen atoms in total. The molecule has 4 N–H and O–H groups in total. The average Bonchev–Trinajstić information content (AvgIpc) is 3.43. The molecular weight excluding hydrogens is 525 g/mol. The lowest BCUT2D eigenvalue weighted by Crippen LogP contribution is -2.29. The minimum absolute atomic E-state index is 0.0556. The number of aliphatic hydroxyl groups is 1. The number of nitro groups is 1. The summed E-state index contributed by atoms with van der Waals surface area (Å²) in [4.78, 5) is 30.1. The van der Waals surface area contributed by atoms with Gasteiger partial charge in [0.2, 0.25) is 0 Å². The van der Waals surface area contributed by atoms with Gasteiger partial charge in [0.15, 0.2) is 0 Å². The number of aromatic nitrogens is 4. The van der Waals surface area contributed by atoms with Crippen molar-refractivity contribution in [3.63, 3.8) is 0 Å². The van der Waals surface area contributed by atoms with Gasteiger partial charge in [0, 0.05) is 18.0 Å². The fourth-order valence-corrected chi connectivity index (χ4v) is 6.54. The number of imidazole rings is 1. The van der Waals surface area contributed by atoms with Crippen LogP contribution in [0.5, 0.6) is 0 Å². The topological polar surface area (TPSA) is 190 Å². The number of thioether (sulfide) groups is 1. The summed E-state index contributed by atoms with van der Waals surface area (Å²) in [6, 6.07) is 10.7. The lowest BCUT2D eigenvalue weighted by molar-refractivity contribution is -0.396. The van der Waals surface area contributed by atoms with Gasteiger partial charge in [-0.1, -0.05) is 35.3 Å². The Bertz CT molecular complexity index is 1350. The number of nitrogen functional groups attached to an aromatic ring is 1. The summed E-state index contributed by atoms with van der Waals surface area (Å²) >= 11 is 1.28. The molecule has 0 aliphatic carbocycles. The lowest BCUT2D eigenvalue weighted by atomic mass is 10.2. The van der Waals surface area contributed by atoms with E-state index in [1.165, 1.54) is 46.4 Å². The Morgan fingerprint density at radius 3 is 2.76 bits per heavy atom. The summed E-state index contributed by atoms with van der Waals surface area (Å²) in [6.07, 6.45) is 2.15. The van der Waals surface area contributed by atoms with E-state index in [0.29, 0.717) is 5.69 Å². The van der Waals surface area contributed by atoms with Crippen molar-refractivity contribution in [2.24, 2.45) is 7.05 Å². The minimum Gasteiger partial charge on any atom is -0.390 e. The number of hydrogen-bond donors (Lipinski definition) is 3. The van der Waals surface area contributed by atoms with Crippen LogP contribution in [0, 0.1) is 10.1 Å². The fraction of sp³-hybridized carbons (Fsp3) is 0.381. The molecule has 3 heterocycles. The van der Waals surface area contributed by atoms with Gasteiger partial charge >= 0.3 is 19.4 Å². The molecule has 1 aliphatic heterocycles. The number of nitrogens with two attached hydrogens (primary N) is 1. The summed E-state index contributed by atoms with van der Waals surface area (Å²) in [7, 11) is -2.46. The zero-order valence-corrected chi connectivity index (χ0v) is 21.5. The van der Waals surface area contributed by atoms with Crippen molar-refractivity contribution in [3.05, 3.63) is 80.6 Å². The van der Waals surface area contributed by atoms with Gasteiger partial charge in [0.25, 0.3) is 0 Å². The van der Waals surface area contributed by atoms with Gasteiger partial charge in [-0.05, 0) is 23.0 Å². The maximum Gasteiger partial charge on any atom is 0.434 e. The average molecular weight is 552 g/mol. The molecule has 3 aromatic rings. The molecule has 198 valence electrons. The molecule has 1 saturated heterocycles. The van der Waals surface area contributed by atoms with Crippen LogP contribution in [0.25, 0.3) is 0 Å². The number of nitrogens with zero attached hydrogens (tertiary/aromatic N) is 5. The van der Waals surface area contributed by atoms with E-state index in [4.69, 9.17) is 14.8 Å². The van der Waals surface area contributed by atoms with Crippen LogP contribution in [0.3, 0.4) is 0 Å². The van der Waals surface area contributed by atoms with Crippen molar-refractivity contribution in [1.82, 2.24) is 24.2 Å². The van der Waals surface area contributed by atoms with Crippen LogP contribution in [0.2, 0.25) is 0 Å². The van der Waals surface area contributed by atoms with Crippen LogP contribution in [0.1, 0.15) is 23.1 Å². The molecule has 37 heavy (non-hydrogen) atoms. The third-order valence-corrected chi connectivity index (χ3v) is 8.68. The predicted molar refractivity (Wildman–Crippen MR) is 135 cm³/mol. The Hall–Kier alpha value is -3.07. The first-order chi connectivity index (χ1) is 17.6. The van der Waals surface area contributed by atoms with Gasteiger partial charge in [-0.2, -0.15) is 4.98 Å². The molecule has 0 saturated carbocycles. The molecule has 4 atom stereocenters. The summed E-state index contributed by atoms with van der Waals surface area (Å²) in [5.41, 5.74) is 6.14. The first-order valence-corrected chi connectivity index (χ1v) is 13.6. The van der Waals surface area contributed by atoms with E-state index in [2.05, 4.69) is 15.1 Å². The largest absolute Gasteiger partial charge is 0.434 e. The van der Waals surface area contributed by atoms with Crippen molar-refractivity contribution < 1.29 is 23.6 Å². The quantitative estimate of drug-likeness (QED) is 0.179. The van der Waals surface area contributed by atoms with Crippen LogP contribution < -0.4 is 16.5 Å². The molecule has 0 amide bonds. The maximum absolute atomic E-state index is 13.6. The molecule has 4 rings (SSSR count). The van der Waals surface area contributed by atoms with Gasteiger partial charge < -0.3 is 21.0 Å². The first kappa shape index (κ1) is 27.0. The second-order valence-corrected chi connectivity index (χ2v) is 11.5. The van der Waals surface area contributed by atoms with E-state index < -0.39 is 29.8 Å². The van der Waals surface area contributed by atoms with Gasteiger partial charge in [-0.25, -0.2) is 19.0 Å². The lowest BCUT2D eigenvalue weighted by Gasteiger charge is -2.21. The minimum atomic E-state index is -3.92. The zero-order chi connectivity index (χ0) is 26.6. The van der Waals surface area contributed by atoms with E-state index >= 15 is 0 Å². The van der Waals surface area contributed by atoms with Crippen LogP contribution in [0.15, 0.2) is 53.6 Å². The molecule has 1 unspecified atom stereocenters. The van der Waals surface area contributed by atoms with Gasteiger partial charge in [-0.15, -0.1) is 11.8 Å².